The summed E-state index contributed by atoms with van der Waals surface area (Å²) in [5.41, 5.74) is 3.66. The Morgan fingerprint density at radius 2 is 2.00 bits per heavy atom. The molecular formula is C19H14N4O4. The molecule has 0 saturated heterocycles. The maximum atomic E-state index is 12.3. The van der Waals surface area contributed by atoms with E-state index in [-0.39, 0.29) is 12.1 Å². The Morgan fingerprint density at radius 1 is 1.22 bits per heavy atom. The molecule has 1 aliphatic heterocycles. The van der Waals surface area contributed by atoms with Crippen LogP contribution in [0.1, 0.15) is 11.3 Å². The largest absolute Gasteiger partial charge is 0.466 e. The van der Waals surface area contributed by atoms with Crippen molar-refractivity contribution in [2.75, 3.05) is 7.11 Å². The summed E-state index contributed by atoms with van der Waals surface area (Å²) in [4.78, 5) is 22.9. The number of carbonyl (C=O) groups excluding carboxylic acids is 1. The van der Waals surface area contributed by atoms with Gasteiger partial charge >= 0.3 is 5.97 Å². The smallest absolute Gasteiger partial charge is 0.334 e. The van der Waals surface area contributed by atoms with Gasteiger partial charge in [-0.25, -0.2) is 9.48 Å². The first-order chi connectivity index (χ1) is 13.1. The van der Waals surface area contributed by atoms with Crippen molar-refractivity contribution in [2.45, 2.75) is 6.42 Å². The van der Waals surface area contributed by atoms with E-state index in [1.807, 2.05) is 30.3 Å². The summed E-state index contributed by atoms with van der Waals surface area (Å²) in [6.45, 7) is 0. The van der Waals surface area contributed by atoms with Crippen LogP contribution >= 0.6 is 0 Å². The highest BCUT2D eigenvalue weighted by Gasteiger charge is 2.26. The van der Waals surface area contributed by atoms with Crippen molar-refractivity contribution in [3.05, 3.63) is 75.5 Å². The number of nitro benzene ring substituents is 1. The number of benzene rings is 2. The van der Waals surface area contributed by atoms with Crippen LogP contribution in [0, 0.1) is 10.1 Å². The number of esters is 1. The van der Waals surface area contributed by atoms with E-state index in [1.54, 1.807) is 16.8 Å². The lowest BCUT2D eigenvalue weighted by Crippen LogP contribution is -2.09. The highest BCUT2D eigenvalue weighted by atomic mass is 16.6. The van der Waals surface area contributed by atoms with Gasteiger partial charge in [0.15, 0.2) is 0 Å². The van der Waals surface area contributed by atoms with Crippen molar-refractivity contribution in [1.82, 2.24) is 15.0 Å². The molecule has 3 aromatic rings. The van der Waals surface area contributed by atoms with Crippen molar-refractivity contribution in [2.24, 2.45) is 0 Å². The fourth-order valence-corrected chi connectivity index (χ4v) is 3.12. The van der Waals surface area contributed by atoms with Crippen LogP contribution in [0.15, 0.2) is 54.1 Å². The number of carbonyl (C=O) groups is 1. The molecule has 8 heteroatoms. The van der Waals surface area contributed by atoms with Gasteiger partial charge in [-0.05, 0) is 12.1 Å². The highest BCUT2D eigenvalue weighted by molar-refractivity contribution is 5.95. The summed E-state index contributed by atoms with van der Waals surface area (Å²) < 4.78 is 6.50. The van der Waals surface area contributed by atoms with Crippen LogP contribution < -0.4 is 0 Å². The molecule has 0 bridgehead atoms. The molecule has 1 aliphatic rings. The van der Waals surface area contributed by atoms with E-state index in [2.05, 4.69) is 10.3 Å². The normalized spacial score (nSPS) is 12.4. The first-order valence-electron chi connectivity index (χ1n) is 8.16. The molecule has 27 heavy (non-hydrogen) atoms. The van der Waals surface area contributed by atoms with Gasteiger partial charge in [0, 0.05) is 35.3 Å². The van der Waals surface area contributed by atoms with E-state index < -0.39 is 10.9 Å². The number of rotatable bonds is 3. The number of non-ortho nitro benzene ring substituents is 1. The Hall–Kier alpha value is -3.81. The quantitative estimate of drug-likeness (QED) is 0.403. The summed E-state index contributed by atoms with van der Waals surface area (Å²) in [7, 11) is 1.30. The Kier molecular flexibility index (Phi) is 4.00. The molecule has 2 aromatic carbocycles. The van der Waals surface area contributed by atoms with Gasteiger partial charge in [-0.1, -0.05) is 35.5 Å². The number of ether oxygens (including phenoxy) is 1. The third-order valence-electron chi connectivity index (χ3n) is 4.40. The second-order valence-electron chi connectivity index (χ2n) is 6.00. The third kappa shape index (κ3) is 2.86. The zero-order chi connectivity index (χ0) is 19.0. The fourth-order valence-electron chi connectivity index (χ4n) is 3.12. The van der Waals surface area contributed by atoms with Crippen LogP contribution in [-0.4, -0.2) is 33.0 Å². The zero-order valence-corrected chi connectivity index (χ0v) is 14.3. The molecule has 0 saturated carbocycles. The Labute approximate surface area is 153 Å². The summed E-state index contributed by atoms with van der Waals surface area (Å²) in [6.07, 6.45) is 1.85. The molecule has 0 fully saturated rings. The molecule has 0 radical (unpaired) electrons. The van der Waals surface area contributed by atoms with Crippen LogP contribution in [0.5, 0.6) is 0 Å². The molecule has 0 aliphatic carbocycles. The van der Waals surface area contributed by atoms with Gasteiger partial charge in [0.2, 0.25) is 0 Å². The van der Waals surface area contributed by atoms with Crippen LogP contribution in [-0.2, 0) is 16.0 Å². The predicted molar refractivity (Wildman–Crippen MR) is 97.1 cm³/mol. The van der Waals surface area contributed by atoms with Gasteiger partial charge in [-0.3, -0.25) is 10.1 Å². The van der Waals surface area contributed by atoms with E-state index in [1.165, 1.54) is 19.2 Å². The maximum Gasteiger partial charge on any atom is 0.334 e. The lowest BCUT2D eigenvalue weighted by molar-refractivity contribution is -0.384. The SMILES string of the molecule is COC(=O)C1=Cc2cc([N+](=O)[O-])ccc2-n2nnc(-c3ccccc3)c2C1. The summed E-state index contributed by atoms with van der Waals surface area (Å²) in [5, 5.41) is 19.7. The molecule has 0 atom stereocenters. The monoisotopic (exact) mass is 362 g/mol. The van der Waals surface area contributed by atoms with Crippen molar-refractivity contribution >= 4 is 17.7 Å². The van der Waals surface area contributed by atoms with Crippen molar-refractivity contribution in [3.63, 3.8) is 0 Å². The Morgan fingerprint density at radius 3 is 2.70 bits per heavy atom. The summed E-state index contributed by atoms with van der Waals surface area (Å²) in [5.74, 6) is -0.499. The summed E-state index contributed by atoms with van der Waals surface area (Å²) in [6, 6.07) is 13.9. The molecule has 2 heterocycles. The number of aromatic nitrogens is 3. The first kappa shape index (κ1) is 16.6. The van der Waals surface area contributed by atoms with Gasteiger partial charge in [-0.2, -0.15) is 0 Å². The molecule has 134 valence electrons. The Balaban J connectivity index is 1.96. The minimum absolute atomic E-state index is 0.0685. The molecular weight excluding hydrogens is 348 g/mol. The van der Waals surface area contributed by atoms with E-state index >= 15 is 0 Å². The van der Waals surface area contributed by atoms with E-state index in [0.717, 1.165) is 5.56 Å². The fraction of sp³-hybridized carbons (Fsp3) is 0.105. The Bertz CT molecular complexity index is 1090. The topological polar surface area (TPSA) is 100 Å². The average molecular weight is 362 g/mol. The van der Waals surface area contributed by atoms with E-state index in [4.69, 9.17) is 4.74 Å². The van der Waals surface area contributed by atoms with Gasteiger partial charge in [-0.15, -0.1) is 5.10 Å². The van der Waals surface area contributed by atoms with Crippen LogP contribution in [0.25, 0.3) is 23.0 Å². The number of nitrogens with zero attached hydrogens (tertiary/aromatic N) is 4. The lowest BCUT2D eigenvalue weighted by Gasteiger charge is -2.07. The summed E-state index contributed by atoms with van der Waals surface area (Å²) >= 11 is 0. The highest BCUT2D eigenvalue weighted by Crippen LogP contribution is 2.32. The third-order valence-corrected chi connectivity index (χ3v) is 4.40. The van der Waals surface area contributed by atoms with Crippen molar-refractivity contribution in [1.29, 1.82) is 0 Å². The van der Waals surface area contributed by atoms with Crippen LogP contribution in [0.3, 0.4) is 0 Å². The number of fused-ring (bicyclic) bond motifs is 3. The number of hydrogen-bond donors (Lipinski definition) is 0. The van der Waals surface area contributed by atoms with Gasteiger partial charge in [0.05, 0.1) is 23.4 Å². The lowest BCUT2D eigenvalue weighted by atomic mass is 10.0. The molecule has 0 unspecified atom stereocenters. The van der Waals surface area contributed by atoms with E-state index in [9.17, 15) is 14.9 Å². The van der Waals surface area contributed by atoms with Crippen LogP contribution in [0.4, 0.5) is 5.69 Å². The molecule has 1 aromatic heterocycles. The molecule has 8 nitrogen and oxygen atoms in total. The molecule has 0 spiro atoms. The second-order valence-corrected chi connectivity index (χ2v) is 6.00. The minimum Gasteiger partial charge on any atom is -0.466 e. The zero-order valence-electron chi connectivity index (χ0n) is 14.3. The second kappa shape index (κ2) is 6.49. The number of hydrogen-bond acceptors (Lipinski definition) is 6. The van der Waals surface area contributed by atoms with Gasteiger partial charge in [0.1, 0.15) is 5.69 Å². The van der Waals surface area contributed by atoms with Crippen LogP contribution in [0.2, 0.25) is 0 Å². The minimum atomic E-state index is -0.499. The first-order valence-corrected chi connectivity index (χ1v) is 8.16. The average Bonchev–Trinajstić information content (AvgIpc) is 3.03. The maximum absolute atomic E-state index is 12.3. The number of nitro groups is 1. The van der Waals surface area contributed by atoms with Crippen molar-refractivity contribution in [3.8, 4) is 16.9 Å². The standard InChI is InChI=1S/C19H14N4O4/c1-27-19(24)14-9-13-10-15(23(25)26)7-8-16(13)22-17(11-14)18(20-21-22)12-5-3-2-4-6-12/h2-10H,11H2,1H3. The predicted octanol–water partition coefficient (Wildman–Crippen LogP) is 2.96. The number of methoxy groups -OCH3 is 1. The van der Waals surface area contributed by atoms with Gasteiger partial charge < -0.3 is 4.74 Å². The van der Waals surface area contributed by atoms with Gasteiger partial charge in [0.25, 0.3) is 5.69 Å². The van der Waals surface area contributed by atoms with E-state index in [0.29, 0.717) is 28.2 Å². The molecule has 4 rings (SSSR count). The molecule has 0 N–H and O–H groups in total. The van der Waals surface area contributed by atoms with Crippen molar-refractivity contribution < 1.29 is 14.5 Å². The molecule has 0 amide bonds.